The molecule has 1 N–H and O–H groups in total. The number of halogens is 3. The molecule has 0 radical (unpaired) electrons. The maximum absolute atomic E-state index is 12.8. The summed E-state index contributed by atoms with van der Waals surface area (Å²) in [5.74, 6) is 0.480. The molecule has 2 aliphatic rings. The zero-order valence-corrected chi connectivity index (χ0v) is 15.7. The lowest BCUT2D eigenvalue weighted by Crippen LogP contribution is -2.40. The highest BCUT2D eigenvalue weighted by Gasteiger charge is 2.48. The molecule has 5 nitrogen and oxygen atoms in total. The van der Waals surface area contributed by atoms with Crippen molar-refractivity contribution in [3.8, 4) is 11.3 Å². The minimum Gasteiger partial charge on any atom is -0.376 e. The van der Waals surface area contributed by atoms with Crippen LogP contribution in [-0.4, -0.2) is 51.0 Å². The smallest absolute Gasteiger partial charge is 0.376 e. The Morgan fingerprint density at radius 2 is 1.86 bits per heavy atom. The number of rotatable bonds is 2. The Hall–Kier alpha value is -2.32. The van der Waals surface area contributed by atoms with Crippen molar-refractivity contribution in [3.05, 3.63) is 47.4 Å². The van der Waals surface area contributed by atoms with Crippen molar-refractivity contribution in [1.29, 1.82) is 0 Å². The maximum atomic E-state index is 12.8. The Kier molecular flexibility index (Phi) is 4.50. The molecule has 0 amide bonds. The molecule has 2 aliphatic heterocycles. The summed E-state index contributed by atoms with van der Waals surface area (Å²) in [5, 5.41) is 10.5. The molecule has 4 rings (SSSR count). The Balaban J connectivity index is 1.67. The molecular formula is C20H21F3N4O. The zero-order valence-electron chi connectivity index (χ0n) is 15.7. The van der Waals surface area contributed by atoms with Crippen LogP contribution in [0.2, 0.25) is 0 Å². The second-order valence-corrected chi connectivity index (χ2v) is 7.56. The summed E-state index contributed by atoms with van der Waals surface area (Å²) >= 11 is 0. The number of aliphatic hydroxyl groups is 1. The van der Waals surface area contributed by atoms with Gasteiger partial charge in [-0.2, -0.15) is 13.2 Å². The Bertz CT molecular complexity index is 926. The molecule has 1 aromatic carbocycles. The SMILES string of the molecule is Cc1cc(-c2ccc(C(F)(F)F)cc2)nc(C2=N[C@@]3(CC2)CCN(C)C3O)n1. The van der Waals surface area contributed by atoms with Crippen LogP contribution in [0.3, 0.4) is 0 Å². The van der Waals surface area contributed by atoms with Crippen LogP contribution >= 0.6 is 0 Å². The highest BCUT2D eigenvalue weighted by atomic mass is 19.4. The lowest BCUT2D eigenvalue weighted by molar-refractivity contribution is -0.137. The summed E-state index contributed by atoms with van der Waals surface area (Å²) < 4.78 is 38.4. The molecule has 1 saturated heterocycles. The molecule has 148 valence electrons. The summed E-state index contributed by atoms with van der Waals surface area (Å²) in [5.41, 5.74) is 1.41. The van der Waals surface area contributed by atoms with Crippen LogP contribution in [0.25, 0.3) is 11.3 Å². The Labute approximate surface area is 161 Å². The quantitative estimate of drug-likeness (QED) is 0.853. The van der Waals surface area contributed by atoms with Crippen molar-refractivity contribution in [2.24, 2.45) is 4.99 Å². The number of likely N-dealkylation sites (tertiary alicyclic amines) is 1. The van der Waals surface area contributed by atoms with Gasteiger partial charge in [-0.05, 0) is 51.4 Å². The van der Waals surface area contributed by atoms with Gasteiger partial charge in [-0.25, -0.2) is 9.97 Å². The maximum Gasteiger partial charge on any atom is 0.416 e. The molecule has 0 aliphatic carbocycles. The Morgan fingerprint density at radius 1 is 1.14 bits per heavy atom. The van der Waals surface area contributed by atoms with Crippen LogP contribution < -0.4 is 0 Å². The highest BCUT2D eigenvalue weighted by Crippen LogP contribution is 2.39. The number of aliphatic hydroxyl groups excluding tert-OH is 1. The number of aryl methyl sites for hydroxylation is 1. The average molecular weight is 390 g/mol. The fourth-order valence-corrected chi connectivity index (χ4v) is 3.95. The van der Waals surface area contributed by atoms with E-state index in [2.05, 4.69) is 9.97 Å². The van der Waals surface area contributed by atoms with Crippen LogP contribution in [0.4, 0.5) is 13.2 Å². The third kappa shape index (κ3) is 3.31. The first-order valence-corrected chi connectivity index (χ1v) is 9.19. The third-order valence-electron chi connectivity index (χ3n) is 5.57. The third-order valence-corrected chi connectivity index (χ3v) is 5.57. The van der Waals surface area contributed by atoms with Gasteiger partial charge in [-0.3, -0.25) is 9.89 Å². The van der Waals surface area contributed by atoms with Crippen LogP contribution in [0.1, 0.15) is 36.3 Å². The zero-order chi connectivity index (χ0) is 20.1. The van der Waals surface area contributed by atoms with Gasteiger partial charge in [0.15, 0.2) is 5.82 Å². The molecule has 1 spiro atoms. The molecule has 0 saturated carbocycles. The number of hydrogen-bond acceptors (Lipinski definition) is 5. The van der Waals surface area contributed by atoms with Crippen molar-refractivity contribution in [2.45, 2.75) is 44.1 Å². The molecule has 1 aromatic heterocycles. The summed E-state index contributed by atoms with van der Waals surface area (Å²) in [6.45, 7) is 2.60. The summed E-state index contributed by atoms with van der Waals surface area (Å²) in [6.07, 6.45) is -2.80. The van der Waals surface area contributed by atoms with E-state index < -0.39 is 23.5 Å². The first-order chi connectivity index (χ1) is 13.2. The molecule has 28 heavy (non-hydrogen) atoms. The predicted octanol–water partition coefficient (Wildman–Crippen LogP) is 3.45. The molecule has 8 heteroatoms. The molecule has 1 unspecified atom stereocenters. The number of likely N-dealkylation sites (N-methyl/N-ethyl adjacent to an activating group) is 1. The van der Waals surface area contributed by atoms with E-state index in [0.29, 0.717) is 29.2 Å². The van der Waals surface area contributed by atoms with Crippen molar-refractivity contribution in [2.75, 3.05) is 13.6 Å². The van der Waals surface area contributed by atoms with Gasteiger partial charge < -0.3 is 5.11 Å². The number of hydrogen-bond donors (Lipinski definition) is 1. The summed E-state index contributed by atoms with van der Waals surface area (Å²) in [4.78, 5) is 15.7. The van der Waals surface area contributed by atoms with E-state index >= 15 is 0 Å². The van der Waals surface area contributed by atoms with Crippen molar-refractivity contribution in [3.63, 3.8) is 0 Å². The van der Waals surface area contributed by atoms with Gasteiger partial charge in [0.05, 0.1) is 17.0 Å². The number of aromatic nitrogens is 2. The van der Waals surface area contributed by atoms with Gasteiger partial charge in [0.2, 0.25) is 0 Å². The van der Waals surface area contributed by atoms with E-state index in [1.165, 1.54) is 12.1 Å². The van der Waals surface area contributed by atoms with E-state index in [1.54, 1.807) is 6.07 Å². The average Bonchev–Trinajstić information content (AvgIpc) is 3.21. The first kappa shape index (κ1) is 19.0. The second kappa shape index (κ2) is 6.63. The van der Waals surface area contributed by atoms with Gasteiger partial charge in [-0.1, -0.05) is 12.1 Å². The van der Waals surface area contributed by atoms with Gasteiger partial charge in [0.25, 0.3) is 0 Å². The van der Waals surface area contributed by atoms with Crippen LogP contribution in [-0.2, 0) is 6.18 Å². The van der Waals surface area contributed by atoms with Crippen molar-refractivity contribution >= 4 is 5.71 Å². The highest BCUT2D eigenvalue weighted by molar-refractivity contribution is 5.99. The summed E-state index contributed by atoms with van der Waals surface area (Å²) in [7, 11) is 1.87. The van der Waals surface area contributed by atoms with E-state index in [-0.39, 0.29) is 0 Å². The second-order valence-electron chi connectivity index (χ2n) is 7.56. The monoisotopic (exact) mass is 390 g/mol. The standard InChI is InChI=1S/C20H21F3N4O/c1-12-11-16(13-3-5-14(6-4-13)20(21,22)23)25-17(24-12)15-7-8-19(26-15)9-10-27(2)18(19)28/h3-6,11,18,28H,7-10H2,1-2H3/t18?,19-/m0/s1. The van der Waals surface area contributed by atoms with E-state index in [1.807, 2.05) is 18.9 Å². The van der Waals surface area contributed by atoms with Crippen molar-refractivity contribution < 1.29 is 18.3 Å². The summed E-state index contributed by atoms with van der Waals surface area (Å²) in [6, 6.07) is 6.69. The van der Waals surface area contributed by atoms with E-state index in [4.69, 9.17) is 4.99 Å². The van der Waals surface area contributed by atoms with Crippen LogP contribution in [0, 0.1) is 6.92 Å². The van der Waals surface area contributed by atoms with Gasteiger partial charge in [-0.15, -0.1) is 0 Å². The van der Waals surface area contributed by atoms with Crippen molar-refractivity contribution in [1.82, 2.24) is 14.9 Å². The molecule has 3 heterocycles. The minimum absolute atomic E-state index is 0.480. The van der Waals surface area contributed by atoms with Gasteiger partial charge in [0.1, 0.15) is 11.8 Å². The van der Waals surface area contributed by atoms with Crippen LogP contribution in [0.15, 0.2) is 35.3 Å². The van der Waals surface area contributed by atoms with E-state index in [0.717, 1.165) is 37.2 Å². The lowest BCUT2D eigenvalue weighted by atomic mass is 9.94. The lowest BCUT2D eigenvalue weighted by Gasteiger charge is -2.26. The van der Waals surface area contributed by atoms with E-state index in [9.17, 15) is 18.3 Å². The number of aliphatic imine (C=N–C) groups is 1. The molecular weight excluding hydrogens is 369 g/mol. The van der Waals surface area contributed by atoms with Gasteiger partial charge in [0, 0.05) is 17.8 Å². The topological polar surface area (TPSA) is 61.6 Å². The minimum atomic E-state index is -4.37. The molecule has 0 bridgehead atoms. The molecule has 2 aromatic rings. The largest absolute Gasteiger partial charge is 0.416 e. The fourth-order valence-electron chi connectivity index (χ4n) is 3.95. The van der Waals surface area contributed by atoms with Gasteiger partial charge >= 0.3 is 6.18 Å². The van der Waals surface area contributed by atoms with Crippen LogP contribution in [0.5, 0.6) is 0 Å². The number of benzene rings is 1. The fraction of sp³-hybridized carbons (Fsp3) is 0.450. The number of nitrogens with zero attached hydrogens (tertiary/aromatic N) is 4. The molecule has 1 fully saturated rings. The number of alkyl halides is 3. The normalized spacial score (nSPS) is 25.5. The molecule has 2 atom stereocenters. The predicted molar refractivity (Wildman–Crippen MR) is 99.0 cm³/mol. The first-order valence-electron chi connectivity index (χ1n) is 9.19. The Morgan fingerprint density at radius 3 is 2.46 bits per heavy atom.